The average molecular weight is 450 g/mol. The highest BCUT2D eigenvalue weighted by Crippen LogP contribution is 2.66. The molecular weight excluding hydrogens is 425 g/mol. The molecule has 0 aromatic rings. The largest absolute Gasteiger partial charge is 0.490 e. The maximum Gasteiger partial charge on any atom is 0.490 e. The lowest BCUT2D eigenvalue weighted by atomic mass is 9.59. The van der Waals surface area contributed by atoms with Crippen LogP contribution in [-0.4, -0.2) is 38.4 Å². The van der Waals surface area contributed by atoms with Crippen LogP contribution in [0.1, 0.15) is 44.9 Å². The predicted octanol–water partition coefficient (Wildman–Crippen LogP) is 2.70. The summed E-state index contributed by atoms with van der Waals surface area (Å²) in [6, 6.07) is 0. The molecule has 3 aliphatic rings. The van der Waals surface area contributed by atoms with Gasteiger partial charge in [0.1, 0.15) is 0 Å². The van der Waals surface area contributed by atoms with E-state index in [1.807, 2.05) is 0 Å². The summed E-state index contributed by atoms with van der Waals surface area (Å²) in [4.78, 5) is 35.6. The first-order valence-electron chi connectivity index (χ1n) is 8.88. The van der Waals surface area contributed by atoms with E-state index in [9.17, 15) is 18.6 Å². The van der Waals surface area contributed by atoms with Crippen molar-refractivity contribution in [2.45, 2.75) is 57.2 Å². The van der Waals surface area contributed by atoms with Crippen molar-refractivity contribution in [3.8, 4) is 0 Å². The van der Waals surface area contributed by atoms with Crippen molar-refractivity contribution in [3.05, 3.63) is 0 Å². The molecule has 1 saturated heterocycles. The van der Waals surface area contributed by atoms with Crippen molar-refractivity contribution >= 4 is 23.5 Å². The summed E-state index contributed by atoms with van der Waals surface area (Å²) in [7, 11) is -15.9. The number of ether oxygens (including phenoxy) is 1. The molecule has 3 fully saturated rings. The van der Waals surface area contributed by atoms with Crippen LogP contribution < -0.4 is 0 Å². The van der Waals surface area contributed by atoms with Gasteiger partial charge in [0.2, 0.25) is 0 Å². The van der Waals surface area contributed by atoms with E-state index >= 15 is 0 Å². The van der Waals surface area contributed by atoms with Crippen molar-refractivity contribution in [1.82, 2.24) is 0 Å². The van der Waals surface area contributed by atoms with Gasteiger partial charge in [0.05, 0.1) is 18.8 Å². The van der Waals surface area contributed by atoms with Gasteiger partial charge in [-0.1, -0.05) is 19.3 Å². The van der Waals surface area contributed by atoms with Crippen LogP contribution in [-0.2, 0) is 31.6 Å². The van der Waals surface area contributed by atoms with Crippen LogP contribution in [0.2, 0.25) is 0 Å². The van der Waals surface area contributed by atoms with Crippen LogP contribution in [0.3, 0.4) is 0 Å². The van der Waals surface area contributed by atoms with Gasteiger partial charge in [-0.25, -0.2) is 13.7 Å². The Hall–Kier alpha value is 0.370. The van der Waals surface area contributed by atoms with Gasteiger partial charge in [0.15, 0.2) is 0 Å². The Balaban J connectivity index is 1.44. The Morgan fingerprint density at radius 3 is 2.00 bits per heavy atom. The lowest BCUT2D eigenvalue weighted by molar-refractivity contribution is -0.0755. The van der Waals surface area contributed by atoms with E-state index in [-0.39, 0.29) is 12.7 Å². The molecule has 0 aromatic heterocycles. The highest BCUT2D eigenvalue weighted by atomic mass is 31.3. The smallest absolute Gasteiger partial charge is 0.372 e. The number of phosphoric ester groups is 1. The summed E-state index contributed by atoms with van der Waals surface area (Å²) in [5.41, 5.74) is 0. The van der Waals surface area contributed by atoms with E-state index in [0.29, 0.717) is 18.3 Å². The molecular formula is C13H25O11P3. The van der Waals surface area contributed by atoms with Crippen molar-refractivity contribution in [1.29, 1.82) is 0 Å². The van der Waals surface area contributed by atoms with Crippen molar-refractivity contribution in [3.63, 3.8) is 0 Å². The first-order chi connectivity index (χ1) is 12.4. The van der Waals surface area contributed by atoms with Crippen molar-refractivity contribution in [2.24, 2.45) is 17.8 Å². The van der Waals surface area contributed by atoms with Gasteiger partial charge in [-0.3, -0.25) is 4.52 Å². The average Bonchev–Trinajstić information content (AvgIpc) is 2.83. The molecule has 6 atom stereocenters. The van der Waals surface area contributed by atoms with Crippen LogP contribution in [0.25, 0.3) is 0 Å². The van der Waals surface area contributed by atoms with Crippen LogP contribution in [0, 0.1) is 17.8 Å². The van der Waals surface area contributed by atoms with Gasteiger partial charge in [0, 0.05) is 0 Å². The zero-order valence-electron chi connectivity index (χ0n) is 14.5. The maximum atomic E-state index is 11.7. The Morgan fingerprint density at radius 1 is 0.815 bits per heavy atom. The predicted molar refractivity (Wildman–Crippen MR) is 91.3 cm³/mol. The topological polar surface area (TPSA) is 169 Å². The summed E-state index contributed by atoms with van der Waals surface area (Å²) >= 11 is 0. The number of phosphoric acid groups is 3. The van der Waals surface area contributed by atoms with Crippen LogP contribution >= 0.6 is 23.5 Å². The van der Waals surface area contributed by atoms with E-state index in [0.717, 1.165) is 18.8 Å². The maximum absolute atomic E-state index is 11.7. The van der Waals surface area contributed by atoms with Gasteiger partial charge in [-0.15, -0.1) is 0 Å². The first kappa shape index (κ1) is 22.1. The van der Waals surface area contributed by atoms with Crippen LogP contribution in [0.4, 0.5) is 0 Å². The van der Waals surface area contributed by atoms with Crippen LogP contribution in [0.15, 0.2) is 0 Å². The molecule has 1 aliphatic heterocycles. The Kier molecular flexibility index (Phi) is 6.74. The summed E-state index contributed by atoms with van der Waals surface area (Å²) in [5, 5.41) is 0. The molecule has 1 heterocycles. The summed E-state index contributed by atoms with van der Waals surface area (Å²) < 4.78 is 51.5. The van der Waals surface area contributed by atoms with E-state index in [1.165, 1.54) is 25.7 Å². The van der Waals surface area contributed by atoms with Crippen molar-refractivity contribution in [2.75, 3.05) is 6.61 Å². The molecule has 14 heteroatoms. The third kappa shape index (κ3) is 6.17. The summed E-state index contributed by atoms with van der Waals surface area (Å²) in [6.07, 6.45) is 7.26. The van der Waals surface area contributed by atoms with Crippen molar-refractivity contribution < 1.29 is 51.2 Å². The van der Waals surface area contributed by atoms with E-state index in [1.54, 1.807) is 0 Å². The Morgan fingerprint density at radius 2 is 1.48 bits per heavy atom. The first-order valence-corrected chi connectivity index (χ1v) is 13.4. The highest BCUT2D eigenvalue weighted by Gasteiger charge is 2.46. The van der Waals surface area contributed by atoms with Gasteiger partial charge in [0.25, 0.3) is 0 Å². The second kappa shape index (κ2) is 8.25. The van der Waals surface area contributed by atoms with E-state index < -0.39 is 29.6 Å². The van der Waals surface area contributed by atoms with E-state index in [2.05, 4.69) is 13.1 Å². The zero-order chi connectivity index (χ0) is 19.9. The number of hydrogen-bond acceptors (Lipinski definition) is 7. The van der Waals surface area contributed by atoms with Gasteiger partial charge >= 0.3 is 23.5 Å². The molecule has 0 spiro atoms. The summed E-state index contributed by atoms with van der Waals surface area (Å²) in [6.45, 7) is -0.346. The molecule has 0 aromatic carbocycles. The van der Waals surface area contributed by atoms with Gasteiger partial charge in [-0.2, -0.15) is 8.62 Å². The third-order valence-electron chi connectivity index (χ3n) is 5.60. The quantitative estimate of drug-likeness (QED) is 0.381. The lowest BCUT2D eigenvalue weighted by Crippen LogP contribution is -2.42. The standard InChI is InChI=1S/C13H25O11P3/c14-25(15,16)23-27(19,20)24-26(17,18)21-8-10-4-7-13(22-10)12-6-5-11(12)9-2-1-3-9/h9-13H,1-8H2,(H,17,18)(H,19,20)(H2,14,15,16)/t10-,11-,12?,13+/m0/s1. The molecule has 4 N–H and O–H groups in total. The molecule has 2 aliphatic carbocycles. The molecule has 0 radical (unpaired) electrons. The van der Waals surface area contributed by atoms with Crippen LogP contribution in [0.5, 0.6) is 0 Å². The molecule has 3 unspecified atom stereocenters. The molecule has 0 amide bonds. The monoisotopic (exact) mass is 450 g/mol. The minimum atomic E-state index is -5.48. The molecule has 11 nitrogen and oxygen atoms in total. The van der Waals surface area contributed by atoms with Gasteiger partial charge in [-0.05, 0) is 43.4 Å². The molecule has 3 rings (SSSR count). The number of hydrogen-bond donors (Lipinski definition) is 4. The zero-order valence-corrected chi connectivity index (χ0v) is 17.2. The second-order valence-electron chi connectivity index (χ2n) is 7.36. The number of rotatable bonds is 9. The van der Waals surface area contributed by atoms with Gasteiger partial charge < -0.3 is 24.3 Å². The highest BCUT2D eigenvalue weighted by molar-refractivity contribution is 7.66. The fourth-order valence-electron chi connectivity index (χ4n) is 4.12. The normalized spacial score (nSPS) is 36.4. The molecule has 2 saturated carbocycles. The Labute approximate surface area is 156 Å². The SMILES string of the molecule is O=P(O)(O)OP(=O)(O)OP(=O)(O)OC[C@@H]1CC[C@H](C2CC[C@H]2C2CCC2)O1. The fraction of sp³-hybridized carbons (Fsp3) is 1.00. The fourth-order valence-corrected chi connectivity index (χ4v) is 7.17. The molecule has 158 valence electrons. The molecule has 27 heavy (non-hydrogen) atoms. The Bertz CT molecular complexity index is 674. The summed E-state index contributed by atoms with van der Waals surface area (Å²) in [5.74, 6) is 1.99. The van der Waals surface area contributed by atoms with E-state index in [4.69, 9.17) is 19.4 Å². The third-order valence-corrected chi connectivity index (χ3v) is 9.40. The second-order valence-corrected chi connectivity index (χ2v) is 11.8. The minimum Gasteiger partial charge on any atom is -0.372 e. The lowest BCUT2D eigenvalue weighted by Gasteiger charge is -2.48. The molecule has 0 bridgehead atoms. The minimum absolute atomic E-state index is 0.0823.